The van der Waals surface area contributed by atoms with Crippen LogP contribution in [0.5, 0.6) is 0 Å². The second-order valence-corrected chi connectivity index (χ2v) is 5.07. The number of hydrogen-bond donors (Lipinski definition) is 2. The number of H-pyrrole nitrogens is 1. The molecule has 0 aliphatic carbocycles. The number of aryl methyl sites for hydroxylation is 1. The van der Waals surface area contributed by atoms with Crippen LogP contribution in [0.2, 0.25) is 0 Å². The number of nitrogens with two attached hydrogens (primary N) is 1. The number of nitrogens with zero attached hydrogens (tertiary/aromatic N) is 3. The molecular formula is C14H11N5O3S. The van der Waals surface area contributed by atoms with Crippen LogP contribution in [0.15, 0.2) is 43.4 Å². The Hall–Kier alpha value is -3.07. The first-order chi connectivity index (χ1) is 11.0. The van der Waals surface area contributed by atoms with Crippen molar-refractivity contribution in [3.63, 3.8) is 0 Å². The van der Waals surface area contributed by atoms with E-state index in [0.717, 1.165) is 10.9 Å². The van der Waals surface area contributed by atoms with Gasteiger partial charge in [-0.3, -0.25) is 14.7 Å². The fourth-order valence-corrected chi connectivity index (χ4v) is 2.16. The van der Waals surface area contributed by atoms with Crippen LogP contribution in [0, 0.1) is 11.7 Å². The fraction of sp³-hybridized carbons (Fsp3) is 0.0714. The number of aromatic amines is 1. The number of fused-ring (bicyclic) bond motifs is 1. The summed E-state index contributed by atoms with van der Waals surface area (Å²) in [5.41, 5.74) is 5.54. The van der Waals surface area contributed by atoms with E-state index in [4.69, 9.17) is 22.4 Å². The van der Waals surface area contributed by atoms with Gasteiger partial charge in [0.15, 0.2) is 0 Å². The highest BCUT2D eigenvalue weighted by atomic mass is 32.1. The molecule has 23 heavy (non-hydrogen) atoms. The summed E-state index contributed by atoms with van der Waals surface area (Å²) in [5, 5.41) is 10.5. The number of nitrogen functional groups attached to an aromatic ring is 1. The molecule has 0 radical (unpaired) electrons. The van der Waals surface area contributed by atoms with Gasteiger partial charge in [-0.1, -0.05) is 12.1 Å². The maximum Gasteiger partial charge on any atom is 0.296 e. The van der Waals surface area contributed by atoms with Crippen molar-refractivity contribution in [3.05, 3.63) is 60.9 Å². The monoisotopic (exact) mass is 329 g/mol. The predicted molar refractivity (Wildman–Crippen MR) is 88.3 cm³/mol. The van der Waals surface area contributed by atoms with Crippen molar-refractivity contribution in [2.45, 2.75) is 6.92 Å². The summed E-state index contributed by atoms with van der Waals surface area (Å²) in [6.45, 7) is 1.51. The van der Waals surface area contributed by atoms with Crippen molar-refractivity contribution < 1.29 is 4.42 Å². The minimum Gasteiger partial charge on any atom is -0.440 e. The standard InChI is InChI=1S/C14H11N5O3S/c1-7-13(21)19(14(23)18-17-7)16-6-9-11(20)8-4-2-3-5-10(8)22-12(9)15/h2-6H,15H2,1H3,(H,18,23)/b16-6+. The molecule has 0 amide bonds. The Labute approximate surface area is 133 Å². The molecule has 0 aliphatic heterocycles. The summed E-state index contributed by atoms with van der Waals surface area (Å²) in [4.78, 5) is 24.4. The number of hydrogen-bond acceptors (Lipinski definition) is 7. The quantitative estimate of drug-likeness (QED) is 0.538. The third kappa shape index (κ3) is 2.57. The molecule has 3 N–H and O–H groups in total. The van der Waals surface area contributed by atoms with Crippen molar-refractivity contribution in [1.82, 2.24) is 14.9 Å². The first kappa shape index (κ1) is 14.9. The summed E-state index contributed by atoms with van der Waals surface area (Å²) in [6.07, 6.45) is 1.15. The Morgan fingerprint density at radius 1 is 1.39 bits per heavy atom. The molecule has 0 unspecified atom stereocenters. The van der Waals surface area contributed by atoms with E-state index in [-0.39, 0.29) is 27.3 Å². The highest BCUT2D eigenvalue weighted by Crippen LogP contribution is 2.15. The minimum absolute atomic E-state index is 0.000554. The van der Waals surface area contributed by atoms with Crippen LogP contribution in [0.4, 0.5) is 5.88 Å². The molecule has 0 bridgehead atoms. The van der Waals surface area contributed by atoms with Crippen LogP contribution in [-0.2, 0) is 0 Å². The zero-order valence-corrected chi connectivity index (χ0v) is 12.8. The molecule has 0 spiro atoms. The molecule has 116 valence electrons. The van der Waals surface area contributed by atoms with Crippen molar-refractivity contribution in [2.24, 2.45) is 5.10 Å². The number of aromatic nitrogens is 3. The maximum absolute atomic E-state index is 12.4. The third-order valence-electron chi connectivity index (χ3n) is 3.18. The minimum atomic E-state index is -0.492. The van der Waals surface area contributed by atoms with Crippen LogP contribution in [0.25, 0.3) is 11.0 Å². The molecule has 0 atom stereocenters. The second kappa shape index (κ2) is 5.61. The average molecular weight is 329 g/mol. The zero-order chi connectivity index (χ0) is 16.6. The molecule has 2 heterocycles. The highest BCUT2D eigenvalue weighted by molar-refractivity contribution is 7.71. The van der Waals surface area contributed by atoms with Crippen LogP contribution in [0.1, 0.15) is 11.3 Å². The third-order valence-corrected chi connectivity index (χ3v) is 3.44. The Morgan fingerprint density at radius 3 is 2.91 bits per heavy atom. The Balaban J connectivity index is 2.20. The topological polar surface area (TPSA) is 119 Å². The van der Waals surface area contributed by atoms with E-state index < -0.39 is 5.56 Å². The SMILES string of the molecule is Cc1n[nH]c(=S)n(/N=C/c2c(N)oc3ccccc3c2=O)c1=O. The molecule has 3 rings (SSSR count). The predicted octanol–water partition coefficient (Wildman–Crippen LogP) is 1.18. The number of nitrogens with one attached hydrogen (secondary N) is 1. The van der Waals surface area contributed by atoms with Gasteiger partial charge in [0.25, 0.3) is 5.56 Å². The van der Waals surface area contributed by atoms with Gasteiger partial charge in [0, 0.05) is 0 Å². The van der Waals surface area contributed by atoms with Gasteiger partial charge < -0.3 is 10.2 Å². The smallest absolute Gasteiger partial charge is 0.296 e. The van der Waals surface area contributed by atoms with Crippen molar-refractivity contribution in [3.8, 4) is 0 Å². The van der Waals surface area contributed by atoms with Gasteiger partial charge in [-0.2, -0.15) is 14.9 Å². The second-order valence-electron chi connectivity index (χ2n) is 4.68. The summed E-state index contributed by atoms with van der Waals surface area (Å²) in [7, 11) is 0. The molecule has 9 heteroatoms. The summed E-state index contributed by atoms with van der Waals surface area (Å²) < 4.78 is 6.32. The zero-order valence-electron chi connectivity index (χ0n) is 11.9. The van der Waals surface area contributed by atoms with Crippen molar-refractivity contribution >= 4 is 35.3 Å². The highest BCUT2D eigenvalue weighted by Gasteiger charge is 2.10. The van der Waals surface area contributed by atoms with Gasteiger partial charge >= 0.3 is 0 Å². The summed E-state index contributed by atoms with van der Waals surface area (Å²) in [5.74, 6) is -0.0915. The molecule has 1 aromatic carbocycles. The number of benzene rings is 1. The molecule has 0 fully saturated rings. The lowest BCUT2D eigenvalue weighted by atomic mass is 10.2. The van der Waals surface area contributed by atoms with E-state index in [9.17, 15) is 9.59 Å². The van der Waals surface area contributed by atoms with E-state index >= 15 is 0 Å². The molecule has 0 aliphatic rings. The van der Waals surface area contributed by atoms with Crippen LogP contribution in [0.3, 0.4) is 0 Å². The lowest BCUT2D eigenvalue weighted by Crippen LogP contribution is -2.23. The lowest BCUT2D eigenvalue weighted by Gasteiger charge is -2.03. The lowest BCUT2D eigenvalue weighted by molar-refractivity contribution is 0.623. The van der Waals surface area contributed by atoms with E-state index in [1.54, 1.807) is 24.3 Å². The van der Waals surface area contributed by atoms with E-state index in [0.29, 0.717) is 11.0 Å². The van der Waals surface area contributed by atoms with E-state index in [2.05, 4.69) is 15.3 Å². The van der Waals surface area contributed by atoms with Gasteiger partial charge in [0.05, 0.1) is 11.6 Å². The average Bonchev–Trinajstić information content (AvgIpc) is 2.53. The first-order valence-corrected chi connectivity index (χ1v) is 6.94. The fourth-order valence-electron chi connectivity index (χ4n) is 1.99. The van der Waals surface area contributed by atoms with Gasteiger partial charge in [0.1, 0.15) is 16.8 Å². The number of anilines is 1. The van der Waals surface area contributed by atoms with Gasteiger partial charge in [0.2, 0.25) is 16.1 Å². The normalized spacial score (nSPS) is 11.3. The Kier molecular flexibility index (Phi) is 3.62. The first-order valence-electron chi connectivity index (χ1n) is 6.53. The molecule has 8 nitrogen and oxygen atoms in total. The molecule has 2 aromatic heterocycles. The van der Waals surface area contributed by atoms with E-state index in [1.165, 1.54) is 6.92 Å². The van der Waals surface area contributed by atoms with Gasteiger partial charge in [-0.25, -0.2) is 0 Å². The molecule has 0 saturated heterocycles. The Morgan fingerprint density at radius 2 is 2.13 bits per heavy atom. The van der Waals surface area contributed by atoms with Gasteiger partial charge in [-0.15, -0.1) is 0 Å². The van der Waals surface area contributed by atoms with E-state index in [1.807, 2.05) is 0 Å². The summed E-state index contributed by atoms with van der Waals surface area (Å²) >= 11 is 4.96. The van der Waals surface area contributed by atoms with Crippen molar-refractivity contribution in [1.29, 1.82) is 0 Å². The van der Waals surface area contributed by atoms with Crippen LogP contribution in [-0.4, -0.2) is 21.1 Å². The molecule has 0 saturated carbocycles. The van der Waals surface area contributed by atoms with Crippen molar-refractivity contribution in [2.75, 3.05) is 5.73 Å². The number of rotatable bonds is 2. The maximum atomic E-state index is 12.4. The molecular weight excluding hydrogens is 318 g/mol. The number of para-hydroxylation sites is 1. The molecule has 3 aromatic rings. The Bertz CT molecular complexity index is 1110. The van der Waals surface area contributed by atoms with Crippen LogP contribution < -0.4 is 16.7 Å². The largest absolute Gasteiger partial charge is 0.440 e. The van der Waals surface area contributed by atoms with Crippen LogP contribution >= 0.6 is 12.2 Å². The summed E-state index contributed by atoms with van der Waals surface area (Å²) in [6, 6.07) is 6.70. The van der Waals surface area contributed by atoms with Gasteiger partial charge in [-0.05, 0) is 31.3 Å².